The van der Waals surface area contributed by atoms with E-state index in [0.717, 1.165) is 0 Å². The monoisotopic (exact) mass is 299 g/mol. The van der Waals surface area contributed by atoms with Crippen molar-refractivity contribution in [3.05, 3.63) is 28.8 Å². The van der Waals surface area contributed by atoms with Gasteiger partial charge in [0.25, 0.3) is 5.91 Å². The first-order valence-corrected chi connectivity index (χ1v) is 7.21. The van der Waals surface area contributed by atoms with Crippen LogP contribution in [0.1, 0.15) is 39.4 Å². The fraction of sp³-hybridized carbons (Fsp3) is 0.533. The zero-order valence-corrected chi connectivity index (χ0v) is 13.1. The number of halogens is 1. The summed E-state index contributed by atoms with van der Waals surface area (Å²) in [6, 6.07) is 5.06. The molecule has 5 heteroatoms. The molecule has 0 radical (unpaired) electrons. The number of ether oxygens (including phenoxy) is 1. The molecule has 0 heterocycles. The van der Waals surface area contributed by atoms with Gasteiger partial charge in [-0.05, 0) is 45.4 Å². The Bertz CT molecular complexity index is 458. The number of benzene rings is 1. The van der Waals surface area contributed by atoms with E-state index < -0.39 is 12.2 Å². The molecule has 1 aromatic rings. The van der Waals surface area contributed by atoms with E-state index in [1.807, 2.05) is 13.8 Å². The van der Waals surface area contributed by atoms with E-state index in [1.54, 1.807) is 36.9 Å². The van der Waals surface area contributed by atoms with E-state index in [0.29, 0.717) is 29.4 Å². The molecule has 0 aliphatic carbocycles. The second-order valence-corrected chi connectivity index (χ2v) is 5.04. The lowest BCUT2D eigenvalue weighted by atomic mass is 10.1. The molecule has 0 bridgehead atoms. The van der Waals surface area contributed by atoms with Crippen molar-refractivity contribution in [2.75, 3.05) is 13.1 Å². The Morgan fingerprint density at radius 2 is 1.95 bits per heavy atom. The van der Waals surface area contributed by atoms with Crippen LogP contribution in [0.5, 0.6) is 5.75 Å². The topological polar surface area (TPSA) is 49.8 Å². The van der Waals surface area contributed by atoms with Crippen LogP contribution in [0.25, 0.3) is 0 Å². The number of aliphatic hydroxyl groups excluding tert-OH is 1. The fourth-order valence-electron chi connectivity index (χ4n) is 1.91. The van der Waals surface area contributed by atoms with Crippen molar-refractivity contribution in [1.29, 1.82) is 0 Å². The van der Waals surface area contributed by atoms with Gasteiger partial charge in [-0.3, -0.25) is 4.79 Å². The summed E-state index contributed by atoms with van der Waals surface area (Å²) >= 11 is 6.11. The van der Waals surface area contributed by atoms with Crippen LogP contribution in [0, 0.1) is 0 Å². The maximum absolute atomic E-state index is 12.1. The minimum atomic E-state index is -0.593. The summed E-state index contributed by atoms with van der Waals surface area (Å²) in [6.07, 6.45) is -1.18. The van der Waals surface area contributed by atoms with Gasteiger partial charge < -0.3 is 14.7 Å². The number of nitrogens with zero attached hydrogens (tertiary/aromatic N) is 1. The lowest BCUT2D eigenvalue weighted by molar-refractivity contribution is -0.137. The number of carbonyl (C=O) groups is 1. The second kappa shape index (κ2) is 7.50. The van der Waals surface area contributed by atoms with E-state index in [4.69, 9.17) is 16.3 Å². The van der Waals surface area contributed by atoms with Crippen molar-refractivity contribution in [2.45, 2.75) is 39.9 Å². The molecule has 0 spiro atoms. The average molecular weight is 300 g/mol. The number of aliphatic hydroxyl groups is 1. The molecular formula is C15H22ClNO3. The maximum atomic E-state index is 12.1. The Labute approximate surface area is 125 Å². The van der Waals surface area contributed by atoms with Crippen LogP contribution in [0.4, 0.5) is 0 Å². The molecule has 0 aliphatic heterocycles. The van der Waals surface area contributed by atoms with Crippen LogP contribution in [0.2, 0.25) is 5.02 Å². The van der Waals surface area contributed by atoms with Crippen molar-refractivity contribution in [2.24, 2.45) is 0 Å². The predicted molar refractivity (Wildman–Crippen MR) is 80.1 cm³/mol. The molecule has 20 heavy (non-hydrogen) atoms. The molecule has 0 aliphatic rings. The van der Waals surface area contributed by atoms with Crippen molar-refractivity contribution in [3.63, 3.8) is 0 Å². The summed E-state index contributed by atoms with van der Waals surface area (Å²) in [5.41, 5.74) is 0.713. The summed E-state index contributed by atoms with van der Waals surface area (Å²) in [4.78, 5) is 13.8. The van der Waals surface area contributed by atoms with Crippen molar-refractivity contribution in [1.82, 2.24) is 4.90 Å². The van der Waals surface area contributed by atoms with Crippen LogP contribution in [-0.4, -0.2) is 35.1 Å². The SMILES string of the molecule is CCN(CC)C(=O)C(C)Oc1ccc([C@H](C)O)cc1Cl. The number of hydrogen-bond donors (Lipinski definition) is 1. The standard InChI is InChI=1S/C15H22ClNO3/c1-5-17(6-2)15(19)11(4)20-14-8-7-12(10(3)18)9-13(14)16/h7-11,18H,5-6H2,1-4H3/t10-,11?/m0/s1. The predicted octanol–water partition coefficient (Wildman–Crippen LogP) is 3.03. The van der Waals surface area contributed by atoms with Crippen LogP contribution >= 0.6 is 11.6 Å². The Morgan fingerprint density at radius 3 is 2.40 bits per heavy atom. The van der Waals surface area contributed by atoms with Crippen molar-refractivity contribution in [3.8, 4) is 5.75 Å². The van der Waals surface area contributed by atoms with Gasteiger partial charge in [0.05, 0.1) is 11.1 Å². The lowest BCUT2D eigenvalue weighted by Gasteiger charge is -2.23. The van der Waals surface area contributed by atoms with Gasteiger partial charge in [-0.25, -0.2) is 0 Å². The van der Waals surface area contributed by atoms with E-state index in [1.165, 1.54) is 0 Å². The van der Waals surface area contributed by atoms with E-state index in [2.05, 4.69) is 0 Å². The molecule has 0 aromatic heterocycles. The number of hydrogen-bond acceptors (Lipinski definition) is 3. The highest BCUT2D eigenvalue weighted by atomic mass is 35.5. The van der Waals surface area contributed by atoms with Crippen molar-refractivity contribution >= 4 is 17.5 Å². The third-order valence-corrected chi connectivity index (χ3v) is 3.46. The Kier molecular flexibility index (Phi) is 6.30. The summed E-state index contributed by atoms with van der Waals surface area (Å²) in [7, 11) is 0. The molecular weight excluding hydrogens is 278 g/mol. The molecule has 1 aromatic carbocycles. The first-order chi connectivity index (χ1) is 9.40. The molecule has 112 valence electrons. The molecule has 4 nitrogen and oxygen atoms in total. The van der Waals surface area contributed by atoms with E-state index in [9.17, 15) is 9.90 Å². The Balaban J connectivity index is 2.80. The molecule has 1 amide bonds. The van der Waals surface area contributed by atoms with Gasteiger partial charge in [0.15, 0.2) is 6.10 Å². The third kappa shape index (κ3) is 4.12. The smallest absolute Gasteiger partial charge is 0.263 e. The number of amides is 1. The first-order valence-electron chi connectivity index (χ1n) is 6.83. The molecule has 1 unspecified atom stereocenters. The second-order valence-electron chi connectivity index (χ2n) is 4.64. The maximum Gasteiger partial charge on any atom is 0.263 e. The molecule has 1 rings (SSSR count). The van der Waals surface area contributed by atoms with Crippen LogP contribution in [0.3, 0.4) is 0 Å². The van der Waals surface area contributed by atoms with Crippen LogP contribution in [0.15, 0.2) is 18.2 Å². The lowest BCUT2D eigenvalue weighted by Crippen LogP contribution is -2.40. The molecule has 1 N–H and O–H groups in total. The summed E-state index contributed by atoms with van der Waals surface area (Å²) < 4.78 is 5.62. The van der Waals surface area contributed by atoms with Crippen LogP contribution < -0.4 is 4.74 Å². The molecule has 0 saturated carbocycles. The molecule has 2 atom stereocenters. The quantitative estimate of drug-likeness (QED) is 0.878. The number of likely N-dealkylation sites (N-methyl/N-ethyl adjacent to an activating group) is 1. The van der Waals surface area contributed by atoms with Gasteiger partial charge in [0.1, 0.15) is 5.75 Å². The summed E-state index contributed by atoms with van der Waals surface area (Å²) in [5, 5.41) is 9.88. The van der Waals surface area contributed by atoms with Gasteiger partial charge in [0.2, 0.25) is 0 Å². The Hall–Kier alpha value is -1.26. The highest BCUT2D eigenvalue weighted by molar-refractivity contribution is 6.32. The largest absolute Gasteiger partial charge is 0.479 e. The average Bonchev–Trinajstić information content (AvgIpc) is 2.41. The zero-order valence-electron chi connectivity index (χ0n) is 12.4. The Morgan fingerprint density at radius 1 is 1.35 bits per heavy atom. The minimum Gasteiger partial charge on any atom is -0.479 e. The molecule has 0 saturated heterocycles. The highest BCUT2D eigenvalue weighted by Crippen LogP contribution is 2.28. The van der Waals surface area contributed by atoms with Gasteiger partial charge in [0, 0.05) is 13.1 Å². The van der Waals surface area contributed by atoms with Crippen molar-refractivity contribution < 1.29 is 14.6 Å². The number of rotatable bonds is 6. The number of carbonyl (C=O) groups excluding carboxylic acids is 1. The summed E-state index contributed by atoms with van der Waals surface area (Å²) in [6.45, 7) is 8.53. The minimum absolute atomic E-state index is 0.0642. The van der Waals surface area contributed by atoms with Gasteiger partial charge in [-0.2, -0.15) is 0 Å². The van der Waals surface area contributed by atoms with Gasteiger partial charge in [-0.1, -0.05) is 17.7 Å². The highest BCUT2D eigenvalue weighted by Gasteiger charge is 2.20. The normalized spacial score (nSPS) is 13.7. The third-order valence-electron chi connectivity index (χ3n) is 3.16. The van der Waals surface area contributed by atoms with E-state index in [-0.39, 0.29) is 5.91 Å². The summed E-state index contributed by atoms with van der Waals surface area (Å²) in [5.74, 6) is 0.384. The van der Waals surface area contributed by atoms with Gasteiger partial charge >= 0.3 is 0 Å². The van der Waals surface area contributed by atoms with Gasteiger partial charge in [-0.15, -0.1) is 0 Å². The first kappa shape index (κ1) is 16.8. The van der Waals surface area contributed by atoms with Crippen LogP contribution in [-0.2, 0) is 4.79 Å². The van der Waals surface area contributed by atoms with E-state index >= 15 is 0 Å². The fourth-order valence-corrected chi connectivity index (χ4v) is 2.14. The zero-order chi connectivity index (χ0) is 15.3. The molecule has 0 fully saturated rings.